The molecule has 0 aromatic heterocycles. The summed E-state index contributed by atoms with van der Waals surface area (Å²) in [7, 11) is 0. The Morgan fingerprint density at radius 2 is 2.13 bits per heavy atom. The molecule has 0 saturated carbocycles. The number of benzene rings is 1. The molecule has 0 amide bonds. The number of anilines is 1. The van der Waals surface area contributed by atoms with Crippen LogP contribution in [0, 0.1) is 0 Å². The maximum atomic E-state index is 5.57. The van der Waals surface area contributed by atoms with Crippen molar-refractivity contribution in [1.82, 2.24) is 0 Å². The Hall–Kier alpha value is -1.18. The van der Waals surface area contributed by atoms with Gasteiger partial charge < -0.3 is 10.1 Å². The maximum Gasteiger partial charge on any atom is 0.121 e. The number of nitrogens with one attached hydrogen (secondary N) is 1. The second-order valence-corrected chi connectivity index (χ2v) is 3.83. The fourth-order valence-electron chi connectivity index (χ4n) is 1.28. The van der Waals surface area contributed by atoms with Crippen molar-refractivity contribution in [2.24, 2.45) is 0 Å². The van der Waals surface area contributed by atoms with Crippen LogP contribution in [0.2, 0.25) is 0 Å². The molecule has 1 unspecified atom stereocenters. The molecule has 0 saturated heterocycles. The molecule has 0 radical (unpaired) electrons. The van der Waals surface area contributed by atoms with E-state index in [4.69, 9.17) is 4.74 Å². The molecular formula is C13H21NO. The normalized spacial score (nSPS) is 12.2. The zero-order chi connectivity index (χ0) is 11.1. The highest BCUT2D eigenvalue weighted by Gasteiger charge is 2.00. The molecule has 1 aromatic carbocycles. The van der Waals surface area contributed by atoms with Gasteiger partial charge in [-0.1, -0.05) is 19.9 Å². The summed E-state index contributed by atoms with van der Waals surface area (Å²) in [5.41, 5.74) is 1.14. The van der Waals surface area contributed by atoms with E-state index in [1.54, 1.807) is 0 Å². The molecule has 15 heavy (non-hydrogen) atoms. The van der Waals surface area contributed by atoms with Crippen LogP contribution in [-0.4, -0.2) is 12.6 Å². The van der Waals surface area contributed by atoms with Gasteiger partial charge >= 0.3 is 0 Å². The van der Waals surface area contributed by atoms with Crippen molar-refractivity contribution in [3.8, 4) is 5.75 Å². The molecule has 84 valence electrons. The molecule has 0 fully saturated rings. The van der Waals surface area contributed by atoms with Gasteiger partial charge in [0.1, 0.15) is 5.75 Å². The minimum atomic E-state index is 0.506. The van der Waals surface area contributed by atoms with Crippen molar-refractivity contribution in [3.05, 3.63) is 24.3 Å². The number of hydrogen-bond donors (Lipinski definition) is 1. The van der Waals surface area contributed by atoms with Gasteiger partial charge in [0.15, 0.2) is 0 Å². The fourth-order valence-corrected chi connectivity index (χ4v) is 1.28. The van der Waals surface area contributed by atoms with Crippen molar-refractivity contribution in [2.45, 2.75) is 39.7 Å². The number of ether oxygens (including phenoxy) is 1. The second-order valence-electron chi connectivity index (χ2n) is 3.83. The smallest absolute Gasteiger partial charge is 0.121 e. The van der Waals surface area contributed by atoms with E-state index in [1.807, 2.05) is 12.1 Å². The molecule has 1 rings (SSSR count). The summed E-state index contributed by atoms with van der Waals surface area (Å²) >= 11 is 0. The maximum absolute atomic E-state index is 5.57. The van der Waals surface area contributed by atoms with Gasteiger partial charge in [-0.3, -0.25) is 0 Å². The highest BCUT2D eigenvalue weighted by Crippen LogP contribution is 2.18. The first kappa shape index (κ1) is 11.9. The van der Waals surface area contributed by atoms with E-state index in [1.165, 1.54) is 0 Å². The van der Waals surface area contributed by atoms with E-state index in [-0.39, 0.29) is 0 Å². The monoisotopic (exact) mass is 207 g/mol. The van der Waals surface area contributed by atoms with Gasteiger partial charge in [0, 0.05) is 17.8 Å². The summed E-state index contributed by atoms with van der Waals surface area (Å²) in [6.45, 7) is 7.25. The molecular weight excluding hydrogens is 186 g/mol. The van der Waals surface area contributed by atoms with Crippen molar-refractivity contribution in [3.63, 3.8) is 0 Å². The van der Waals surface area contributed by atoms with Crippen molar-refractivity contribution >= 4 is 5.69 Å². The van der Waals surface area contributed by atoms with Crippen LogP contribution in [0.1, 0.15) is 33.6 Å². The van der Waals surface area contributed by atoms with Gasteiger partial charge in [0.25, 0.3) is 0 Å². The topological polar surface area (TPSA) is 21.3 Å². The summed E-state index contributed by atoms with van der Waals surface area (Å²) in [4.78, 5) is 0. The highest BCUT2D eigenvalue weighted by molar-refractivity contribution is 5.48. The van der Waals surface area contributed by atoms with E-state index in [0.717, 1.165) is 30.9 Å². The predicted octanol–water partition coefficient (Wildman–Crippen LogP) is 3.69. The third-order valence-corrected chi connectivity index (χ3v) is 2.33. The summed E-state index contributed by atoms with van der Waals surface area (Å²) < 4.78 is 5.57. The number of hydrogen-bond acceptors (Lipinski definition) is 2. The molecule has 0 heterocycles. The molecule has 0 aliphatic heterocycles. The molecule has 1 atom stereocenters. The Labute approximate surface area is 92.6 Å². The van der Waals surface area contributed by atoms with Crippen molar-refractivity contribution < 1.29 is 4.74 Å². The minimum Gasteiger partial charge on any atom is -0.494 e. The van der Waals surface area contributed by atoms with E-state index in [2.05, 4.69) is 38.2 Å². The van der Waals surface area contributed by atoms with E-state index >= 15 is 0 Å². The summed E-state index contributed by atoms with van der Waals surface area (Å²) in [5.74, 6) is 0.949. The third-order valence-electron chi connectivity index (χ3n) is 2.33. The van der Waals surface area contributed by atoms with E-state index < -0.39 is 0 Å². The summed E-state index contributed by atoms with van der Waals surface area (Å²) in [6, 6.07) is 8.66. The Kier molecular flexibility index (Phi) is 5.02. The lowest BCUT2D eigenvalue weighted by molar-refractivity contribution is 0.317. The average molecular weight is 207 g/mol. The third kappa shape index (κ3) is 4.24. The van der Waals surface area contributed by atoms with Gasteiger partial charge in [-0.2, -0.15) is 0 Å². The first-order valence-corrected chi connectivity index (χ1v) is 5.75. The van der Waals surface area contributed by atoms with Crippen LogP contribution < -0.4 is 10.1 Å². The van der Waals surface area contributed by atoms with Crippen LogP contribution >= 0.6 is 0 Å². The van der Waals surface area contributed by atoms with Gasteiger partial charge in [0.2, 0.25) is 0 Å². The average Bonchev–Trinajstić information content (AvgIpc) is 2.26. The van der Waals surface area contributed by atoms with Crippen LogP contribution in [0.3, 0.4) is 0 Å². The van der Waals surface area contributed by atoms with E-state index in [9.17, 15) is 0 Å². The Morgan fingerprint density at radius 3 is 2.80 bits per heavy atom. The highest BCUT2D eigenvalue weighted by atomic mass is 16.5. The van der Waals surface area contributed by atoms with Gasteiger partial charge in [-0.15, -0.1) is 0 Å². The van der Waals surface area contributed by atoms with Crippen LogP contribution in [-0.2, 0) is 0 Å². The molecule has 2 heteroatoms. The Morgan fingerprint density at radius 1 is 1.33 bits per heavy atom. The summed E-state index contributed by atoms with van der Waals surface area (Å²) in [6.07, 6.45) is 2.17. The van der Waals surface area contributed by atoms with Crippen LogP contribution in [0.4, 0.5) is 5.69 Å². The quantitative estimate of drug-likeness (QED) is 0.768. The Bertz CT molecular complexity index is 286. The lowest BCUT2D eigenvalue weighted by Gasteiger charge is -2.14. The minimum absolute atomic E-state index is 0.506. The molecule has 1 N–H and O–H groups in total. The predicted molar refractivity (Wildman–Crippen MR) is 65.6 cm³/mol. The molecule has 0 aliphatic rings. The molecule has 0 spiro atoms. The van der Waals surface area contributed by atoms with Gasteiger partial charge in [-0.25, -0.2) is 0 Å². The van der Waals surface area contributed by atoms with Crippen LogP contribution in [0.15, 0.2) is 24.3 Å². The van der Waals surface area contributed by atoms with Crippen LogP contribution in [0.25, 0.3) is 0 Å². The lowest BCUT2D eigenvalue weighted by atomic mass is 10.2. The Balaban J connectivity index is 2.57. The summed E-state index contributed by atoms with van der Waals surface area (Å²) in [5, 5.41) is 3.43. The van der Waals surface area contributed by atoms with E-state index in [0.29, 0.717) is 6.04 Å². The first-order chi connectivity index (χ1) is 7.26. The molecule has 1 aromatic rings. The zero-order valence-electron chi connectivity index (χ0n) is 9.92. The zero-order valence-corrected chi connectivity index (χ0v) is 9.92. The fraction of sp³-hybridized carbons (Fsp3) is 0.538. The lowest BCUT2D eigenvalue weighted by Crippen LogP contribution is -2.13. The molecule has 0 aliphatic carbocycles. The van der Waals surface area contributed by atoms with Gasteiger partial charge in [0.05, 0.1) is 6.61 Å². The van der Waals surface area contributed by atoms with Crippen LogP contribution in [0.5, 0.6) is 5.75 Å². The first-order valence-electron chi connectivity index (χ1n) is 5.75. The molecule has 0 bridgehead atoms. The number of rotatable bonds is 6. The largest absolute Gasteiger partial charge is 0.494 e. The van der Waals surface area contributed by atoms with Gasteiger partial charge in [-0.05, 0) is 31.9 Å². The van der Waals surface area contributed by atoms with Crippen molar-refractivity contribution in [2.75, 3.05) is 11.9 Å². The van der Waals surface area contributed by atoms with Crippen molar-refractivity contribution in [1.29, 1.82) is 0 Å². The molecule has 2 nitrogen and oxygen atoms in total. The second kappa shape index (κ2) is 6.33. The standard InChI is InChI=1S/C13H21NO/c1-4-9-15-13-8-6-7-12(10-13)14-11(3)5-2/h6-8,10-11,14H,4-5,9H2,1-3H3. The SMILES string of the molecule is CCCOc1cccc(NC(C)CC)c1.